The van der Waals surface area contributed by atoms with E-state index in [1.807, 2.05) is 0 Å². The standard InChI is InChI=1S/C11H25N/c1-6-8-9-12-10(7-2)11(3,4)5/h10,12H,6-9H2,1-5H3/t10-/m0/s1. The zero-order valence-electron chi connectivity index (χ0n) is 9.41. The maximum absolute atomic E-state index is 3.61. The summed E-state index contributed by atoms with van der Waals surface area (Å²) in [6.07, 6.45) is 3.81. The molecule has 0 aliphatic rings. The van der Waals surface area contributed by atoms with Gasteiger partial charge in [0.1, 0.15) is 0 Å². The summed E-state index contributed by atoms with van der Waals surface area (Å²) in [6.45, 7) is 12.6. The molecule has 0 aliphatic heterocycles. The number of hydrogen-bond donors (Lipinski definition) is 1. The largest absolute Gasteiger partial charge is 0.313 e. The molecule has 1 N–H and O–H groups in total. The minimum atomic E-state index is 0.405. The van der Waals surface area contributed by atoms with E-state index in [-0.39, 0.29) is 0 Å². The SMILES string of the molecule is CCCCN[C@@H](CC)C(C)(C)C. The Hall–Kier alpha value is -0.0400. The van der Waals surface area contributed by atoms with Crippen LogP contribution in [0.25, 0.3) is 0 Å². The Balaban J connectivity index is 3.68. The third-order valence-electron chi connectivity index (χ3n) is 2.37. The maximum Gasteiger partial charge on any atom is 0.0113 e. The van der Waals surface area contributed by atoms with E-state index in [0.717, 1.165) is 0 Å². The first kappa shape index (κ1) is 12.0. The minimum absolute atomic E-state index is 0.405. The molecular weight excluding hydrogens is 146 g/mol. The van der Waals surface area contributed by atoms with Crippen molar-refractivity contribution in [1.29, 1.82) is 0 Å². The van der Waals surface area contributed by atoms with Crippen molar-refractivity contribution >= 4 is 0 Å². The molecule has 1 atom stereocenters. The fraction of sp³-hybridized carbons (Fsp3) is 1.00. The minimum Gasteiger partial charge on any atom is -0.313 e. The van der Waals surface area contributed by atoms with Gasteiger partial charge in [0.05, 0.1) is 0 Å². The average molecular weight is 171 g/mol. The number of unbranched alkanes of at least 4 members (excludes halogenated alkanes) is 1. The van der Waals surface area contributed by atoms with E-state index in [9.17, 15) is 0 Å². The van der Waals surface area contributed by atoms with Gasteiger partial charge in [0.15, 0.2) is 0 Å². The van der Waals surface area contributed by atoms with Gasteiger partial charge in [-0.2, -0.15) is 0 Å². The van der Waals surface area contributed by atoms with Crippen LogP contribution in [0.1, 0.15) is 53.9 Å². The van der Waals surface area contributed by atoms with E-state index in [1.165, 1.54) is 25.8 Å². The van der Waals surface area contributed by atoms with Gasteiger partial charge >= 0.3 is 0 Å². The molecule has 0 saturated carbocycles. The Labute approximate surface area is 77.9 Å². The van der Waals surface area contributed by atoms with Crippen molar-refractivity contribution in [1.82, 2.24) is 5.32 Å². The molecule has 0 bridgehead atoms. The summed E-state index contributed by atoms with van der Waals surface area (Å²) in [5.41, 5.74) is 0.405. The molecule has 0 radical (unpaired) electrons. The van der Waals surface area contributed by atoms with Gasteiger partial charge in [-0.15, -0.1) is 0 Å². The molecule has 74 valence electrons. The fourth-order valence-electron chi connectivity index (χ4n) is 1.52. The summed E-state index contributed by atoms with van der Waals surface area (Å²) in [4.78, 5) is 0. The zero-order valence-corrected chi connectivity index (χ0v) is 9.41. The molecule has 0 spiro atoms. The lowest BCUT2D eigenvalue weighted by atomic mass is 9.85. The van der Waals surface area contributed by atoms with Crippen LogP contribution in [-0.4, -0.2) is 12.6 Å². The molecule has 0 fully saturated rings. The van der Waals surface area contributed by atoms with Gasteiger partial charge in [-0.25, -0.2) is 0 Å². The van der Waals surface area contributed by atoms with Crippen molar-refractivity contribution in [2.45, 2.75) is 59.9 Å². The Bertz CT molecular complexity index is 102. The molecule has 0 saturated heterocycles. The molecule has 0 heterocycles. The van der Waals surface area contributed by atoms with Crippen LogP contribution in [0, 0.1) is 5.41 Å². The second-order valence-corrected chi connectivity index (χ2v) is 4.63. The van der Waals surface area contributed by atoms with Crippen LogP contribution in [-0.2, 0) is 0 Å². The number of rotatable bonds is 5. The first-order chi connectivity index (χ1) is 5.52. The number of nitrogens with one attached hydrogen (secondary N) is 1. The van der Waals surface area contributed by atoms with E-state index < -0.39 is 0 Å². The monoisotopic (exact) mass is 171 g/mol. The number of hydrogen-bond acceptors (Lipinski definition) is 1. The normalized spacial score (nSPS) is 14.8. The zero-order chi connectivity index (χ0) is 9.61. The Morgan fingerprint density at radius 3 is 2.08 bits per heavy atom. The van der Waals surface area contributed by atoms with E-state index >= 15 is 0 Å². The van der Waals surface area contributed by atoms with Crippen LogP contribution < -0.4 is 5.32 Å². The molecule has 12 heavy (non-hydrogen) atoms. The van der Waals surface area contributed by atoms with Gasteiger partial charge in [-0.3, -0.25) is 0 Å². The van der Waals surface area contributed by atoms with Crippen molar-refractivity contribution in [3.8, 4) is 0 Å². The van der Waals surface area contributed by atoms with Crippen LogP contribution in [0.3, 0.4) is 0 Å². The third kappa shape index (κ3) is 4.76. The van der Waals surface area contributed by atoms with Crippen molar-refractivity contribution < 1.29 is 0 Å². The lowest BCUT2D eigenvalue weighted by Gasteiger charge is -2.30. The Morgan fingerprint density at radius 1 is 1.17 bits per heavy atom. The fourth-order valence-corrected chi connectivity index (χ4v) is 1.52. The van der Waals surface area contributed by atoms with Crippen molar-refractivity contribution in [2.24, 2.45) is 5.41 Å². The molecule has 0 aromatic heterocycles. The molecule has 0 aromatic rings. The summed E-state index contributed by atoms with van der Waals surface area (Å²) in [6, 6.07) is 0.670. The van der Waals surface area contributed by atoms with Gasteiger partial charge in [0, 0.05) is 6.04 Å². The van der Waals surface area contributed by atoms with Gasteiger partial charge in [-0.05, 0) is 24.8 Å². The van der Waals surface area contributed by atoms with Gasteiger partial charge in [0.25, 0.3) is 0 Å². The van der Waals surface area contributed by atoms with Crippen molar-refractivity contribution in [2.75, 3.05) is 6.54 Å². The summed E-state index contributed by atoms with van der Waals surface area (Å²) in [7, 11) is 0. The van der Waals surface area contributed by atoms with Crippen molar-refractivity contribution in [3.63, 3.8) is 0 Å². The first-order valence-electron chi connectivity index (χ1n) is 5.25. The molecular formula is C11H25N. The van der Waals surface area contributed by atoms with E-state index in [2.05, 4.69) is 39.9 Å². The highest BCUT2D eigenvalue weighted by molar-refractivity contribution is 4.78. The Morgan fingerprint density at radius 2 is 1.75 bits per heavy atom. The highest BCUT2D eigenvalue weighted by Gasteiger charge is 2.21. The summed E-state index contributed by atoms with van der Waals surface area (Å²) >= 11 is 0. The first-order valence-corrected chi connectivity index (χ1v) is 5.25. The quantitative estimate of drug-likeness (QED) is 0.626. The average Bonchev–Trinajstić information content (AvgIpc) is 1.95. The smallest absolute Gasteiger partial charge is 0.0113 e. The molecule has 0 rings (SSSR count). The van der Waals surface area contributed by atoms with Gasteiger partial charge in [0.2, 0.25) is 0 Å². The molecule has 1 heteroatoms. The lowest BCUT2D eigenvalue weighted by molar-refractivity contribution is 0.261. The highest BCUT2D eigenvalue weighted by atomic mass is 14.9. The van der Waals surface area contributed by atoms with E-state index in [0.29, 0.717) is 11.5 Å². The summed E-state index contributed by atoms with van der Waals surface area (Å²) in [5, 5.41) is 3.61. The van der Waals surface area contributed by atoms with E-state index in [1.54, 1.807) is 0 Å². The molecule has 0 amide bonds. The molecule has 0 unspecified atom stereocenters. The second-order valence-electron chi connectivity index (χ2n) is 4.63. The van der Waals surface area contributed by atoms with Crippen LogP contribution >= 0.6 is 0 Å². The van der Waals surface area contributed by atoms with E-state index in [4.69, 9.17) is 0 Å². The van der Waals surface area contributed by atoms with Crippen LogP contribution in [0.5, 0.6) is 0 Å². The maximum atomic E-state index is 3.61. The van der Waals surface area contributed by atoms with Crippen LogP contribution in [0.2, 0.25) is 0 Å². The Kier molecular flexibility index (Phi) is 5.56. The highest BCUT2D eigenvalue weighted by Crippen LogP contribution is 2.21. The third-order valence-corrected chi connectivity index (χ3v) is 2.37. The predicted molar refractivity (Wildman–Crippen MR) is 56.4 cm³/mol. The van der Waals surface area contributed by atoms with Crippen molar-refractivity contribution in [3.05, 3.63) is 0 Å². The predicted octanol–water partition coefficient (Wildman–Crippen LogP) is 3.20. The molecule has 0 aliphatic carbocycles. The molecule has 1 nitrogen and oxygen atoms in total. The topological polar surface area (TPSA) is 12.0 Å². The van der Waals surface area contributed by atoms with Crippen LogP contribution in [0.15, 0.2) is 0 Å². The van der Waals surface area contributed by atoms with Gasteiger partial charge < -0.3 is 5.32 Å². The van der Waals surface area contributed by atoms with Crippen LogP contribution in [0.4, 0.5) is 0 Å². The summed E-state index contributed by atoms with van der Waals surface area (Å²) < 4.78 is 0. The van der Waals surface area contributed by atoms with Gasteiger partial charge in [-0.1, -0.05) is 41.0 Å². The lowest BCUT2D eigenvalue weighted by Crippen LogP contribution is -2.40. The summed E-state index contributed by atoms with van der Waals surface area (Å²) in [5.74, 6) is 0. The second kappa shape index (κ2) is 5.58. The molecule has 0 aromatic carbocycles.